The van der Waals surface area contributed by atoms with Gasteiger partial charge >= 0.3 is 0 Å². The fourth-order valence-corrected chi connectivity index (χ4v) is 4.42. The van der Waals surface area contributed by atoms with Gasteiger partial charge in [-0.3, -0.25) is 4.90 Å². The standard InChI is InChI=1S/C20H21N3/c1-22-13-23(20-12-14-6-2-5-9-17(14)21-20)19-11-10-18(22)15-7-3-4-8-16(15)19/h2-9,12,18-19,21H,10-11,13H2,1H3. The first-order valence-electron chi connectivity index (χ1n) is 8.45. The van der Waals surface area contributed by atoms with Crippen LogP contribution in [0.3, 0.4) is 0 Å². The highest BCUT2D eigenvalue weighted by Crippen LogP contribution is 2.46. The molecule has 0 spiro atoms. The molecular formula is C20H21N3. The zero-order valence-corrected chi connectivity index (χ0v) is 13.4. The van der Waals surface area contributed by atoms with Crippen molar-refractivity contribution >= 4 is 16.7 Å². The maximum Gasteiger partial charge on any atom is 0.108 e. The van der Waals surface area contributed by atoms with Crippen LogP contribution in [0.2, 0.25) is 0 Å². The Bertz CT molecular complexity index is 833. The summed E-state index contributed by atoms with van der Waals surface area (Å²) in [6, 6.07) is 20.9. The number of para-hydroxylation sites is 1. The van der Waals surface area contributed by atoms with Gasteiger partial charge < -0.3 is 9.88 Å². The minimum atomic E-state index is 0.473. The molecule has 3 nitrogen and oxygen atoms in total. The van der Waals surface area contributed by atoms with Crippen molar-refractivity contribution < 1.29 is 0 Å². The van der Waals surface area contributed by atoms with Crippen LogP contribution in [0.15, 0.2) is 54.6 Å². The van der Waals surface area contributed by atoms with Gasteiger partial charge in [0, 0.05) is 16.9 Å². The topological polar surface area (TPSA) is 22.3 Å². The van der Waals surface area contributed by atoms with Gasteiger partial charge in [-0.2, -0.15) is 0 Å². The lowest BCUT2D eigenvalue weighted by Crippen LogP contribution is -2.34. The molecule has 2 bridgehead atoms. The number of fused-ring (bicyclic) bond motifs is 4. The molecule has 2 aromatic carbocycles. The van der Waals surface area contributed by atoms with Crippen LogP contribution in [-0.4, -0.2) is 23.6 Å². The third-order valence-corrected chi connectivity index (χ3v) is 5.54. The van der Waals surface area contributed by atoms with Crippen LogP contribution in [-0.2, 0) is 0 Å². The minimum absolute atomic E-state index is 0.473. The Balaban J connectivity index is 1.66. The predicted molar refractivity (Wildman–Crippen MR) is 94.6 cm³/mol. The summed E-state index contributed by atoms with van der Waals surface area (Å²) in [6.07, 6.45) is 2.47. The summed E-state index contributed by atoms with van der Waals surface area (Å²) in [5.41, 5.74) is 4.24. The Morgan fingerprint density at radius 1 is 0.913 bits per heavy atom. The molecule has 1 fully saturated rings. The summed E-state index contributed by atoms with van der Waals surface area (Å²) in [5, 5.41) is 1.29. The van der Waals surface area contributed by atoms with Gasteiger partial charge in [-0.15, -0.1) is 0 Å². The van der Waals surface area contributed by atoms with E-state index in [4.69, 9.17) is 0 Å². The highest BCUT2D eigenvalue weighted by atomic mass is 15.4. The van der Waals surface area contributed by atoms with E-state index in [9.17, 15) is 0 Å². The molecule has 1 aromatic heterocycles. The first-order chi connectivity index (χ1) is 11.3. The number of hydrogen-bond donors (Lipinski definition) is 1. The van der Waals surface area contributed by atoms with Crippen LogP contribution < -0.4 is 4.90 Å². The van der Waals surface area contributed by atoms with Crippen LogP contribution in [0.25, 0.3) is 10.9 Å². The Kier molecular flexibility index (Phi) is 2.79. The number of rotatable bonds is 1. The number of aromatic nitrogens is 1. The first-order valence-corrected chi connectivity index (χ1v) is 8.45. The van der Waals surface area contributed by atoms with Crippen molar-refractivity contribution in [3.8, 4) is 0 Å². The van der Waals surface area contributed by atoms with E-state index in [2.05, 4.69) is 76.4 Å². The molecule has 2 unspecified atom stereocenters. The van der Waals surface area contributed by atoms with E-state index >= 15 is 0 Å². The lowest BCUT2D eigenvalue weighted by Gasteiger charge is -2.32. The van der Waals surface area contributed by atoms with Crippen molar-refractivity contribution in [2.24, 2.45) is 0 Å². The van der Waals surface area contributed by atoms with Crippen LogP contribution >= 0.6 is 0 Å². The maximum absolute atomic E-state index is 3.63. The fourth-order valence-electron chi connectivity index (χ4n) is 4.42. The molecule has 23 heavy (non-hydrogen) atoms. The van der Waals surface area contributed by atoms with Crippen molar-refractivity contribution in [3.05, 3.63) is 65.7 Å². The molecule has 116 valence electrons. The fraction of sp³-hybridized carbons (Fsp3) is 0.300. The average molecular weight is 303 g/mol. The maximum atomic E-state index is 3.63. The molecule has 1 saturated heterocycles. The molecule has 0 amide bonds. The molecule has 1 N–H and O–H groups in total. The molecule has 6 rings (SSSR count). The zero-order chi connectivity index (χ0) is 15.4. The molecule has 0 saturated carbocycles. The number of benzene rings is 2. The normalized spacial score (nSPS) is 24.0. The lowest BCUT2D eigenvalue weighted by molar-refractivity contribution is 0.251. The summed E-state index contributed by atoms with van der Waals surface area (Å²) in [4.78, 5) is 8.67. The predicted octanol–water partition coefficient (Wildman–Crippen LogP) is 4.45. The number of H-pyrrole nitrogens is 1. The Morgan fingerprint density at radius 2 is 1.61 bits per heavy atom. The van der Waals surface area contributed by atoms with Crippen LogP contribution in [0.1, 0.15) is 36.1 Å². The van der Waals surface area contributed by atoms with E-state index in [0.717, 1.165) is 6.67 Å². The number of nitrogens with one attached hydrogen (secondary N) is 1. The molecular weight excluding hydrogens is 282 g/mol. The van der Waals surface area contributed by atoms with E-state index in [1.165, 1.54) is 40.7 Å². The van der Waals surface area contributed by atoms with Gasteiger partial charge in [-0.25, -0.2) is 0 Å². The molecule has 3 aromatic rings. The molecule has 1 aliphatic carbocycles. The highest BCUT2D eigenvalue weighted by Gasteiger charge is 2.37. The molecule has 2 atom stereocenters. The molecule has 3 aliphatic rings. The smallest absolute Gasteiger partial charge is 0.108 e. The summed E-state index contributed by atoms with van der Waals surface area (Å²) in [6.45, 7) is 0.969. The third kappa shape index (κ3) is 1.93. The zero-order valence-electron chi connectivity index (χ0n) is 13.4. The largest absolute Gasteiger partial charge is 0.341 e. The van der Waals surface area contributed by atoms with Crippen molar-refractivity contribution in [2.45, 2.75) is 24.9 Å². The average Bonchev–Trinajstić information content (AvgIpc) is 2.90. The van der Waals surface area contributed by atoms with E-state index in [0.29, 0.717) is 12.1 Å². The lowest BCUT2D eigenvalue weighted by atomic mass is 9.84. The van der Waals surface area contributed by atoms with Gasteiger partial charge in [0.15, 0.2) is 0 Å². The first kappa shape index (κ1) is 13.2. The molecule has 3 heteroatoms. The number of aromatic amines is 1. The van der Waals surface area contributed by atoms with E-state index in [1.54, 1.807) is 0 Å². The van der Waals surface area contributed by atoms with Gasteiger partial charge in [-0.1, -0.05) is 42.5 Å². The van der Waals surface area contributed by atoms with E-state index in [-0.39, 0.29) is 0 Å². The number of hydrogen-bond acceptors (Lipinski definition) is 2. The van der Waals surface area contributed by atoms with Crippen molar-refractivity contribution in [1.82, 2.24) is 9.88 Å². The number of anilines is 1. The van der Waals surface area contributed by atoms with Gasteiger partial charge in [0.25, 0.3) is 0 Å². The second kappa shape index (κ2) is 4.87. The summed E-state index contributed by atoms with van der Waals surface area (Å²) in [5.74, 6) is 1.24. The van der Waals surface area contributed by atoms with Gasteiger partial charge in [-0.05, 0) is 43.1 Å². The second-order valence-electron chi connectivity index (χ2n) is 6.85. The van der Waals surface area contributed by atoms with Crippen molar-refractivity contribution in [1.29, 1.82) is 0 Å². The quantitative estimate of drug-likeness (QED) is 0.717. The third-order valence-electron chi connectivity index (χ3n) is 5.54. The van der Waals surface area contributed by atoms with Gasteiger partial charge in [0.1, 0.15) is 5.82 Å². The van der Waals surface area contributed by atoms with Crippen molar-refractivity contribution in [2.75, 3.05) is 18.6 Å². The Labute approximate surface area is 136 Å². The monoisotopic (exact) mass is 303 g/mol. The molecule has 0 radical (unpaired) electrons. The van der Waals surface area contributed by atoms with Crippen molar-refractivity contribution in [3.63, 3.8) is 0 Å². The SMILES string of the molecule is CN1CN(c2cc3ccccc3[nH]2)C2CCC1c1ccccc12. The molecule has 3 heterocycles. The second-order valence-corrected chi connectivity index (χ2v) is 6.85. The molecule has 2 aliphatic heterocycles. The van der Waals surface area contributed by atoms with E-state index in [1.807, 2.05) is 0 Å². The summed E-state index contributed by atoms with van der Waals surface area (Å²) < 4.78 is 0. The van der Waals surface area contributed by atoms with Crippen LogP contribution in [0, 0.1) is 0 Å². The van der Waals surface area contributed by atoms with E-state index < -0.39 is 0 Å². The summed E-state index contributed by atoms with van der Waals surface area (Å²) >= 11 is 0. The summed E-state index contributed by atoms with van der Waals surface area (Å²) in [7, 11) is 2.25. The Morgan fingerprint density at radius 3 is 2.43 bits per heavy atom. The Hall–Kier alpha value is -2.26. The van der Waals surface area contributed by atoms with Gasteiger partial charge in [0.05, 0.1) is 12.7 Å². The number of nitrogens with zero attached hydrogens (tertiary/aromatic N) is 2. The van der Waals surface area contributed by atoms with Crippen LogP contribution in [0.4, 0.5) is 5.82 Å². The highest BCUT2D eigenvalue weighted by molar-refractivity contribution is 5.84. The van der Waals surface area contributed by atoms with Gasteiger partial charge in [0.2, 0.25) is 0 Å². The van der Waals surface area contributed by atoms with Crippen LogP contribution in [0.5, 0.6) is 0 Å². The minimum Gasteiger partial charge on any atom is -0.341 e.